The van der Waals surface area contributed by atoms with Gasteiger partial charge in [0.25, 0.3) is 0 Å². The molecule has 4 atom stereocenters. The number of hydrogen-bond acceptors (Lipinski definition) is 4. The van der Waals surface area contributed by atoms with Gasteiger partial charge in [-0.3, -0.25) is 4.90 Å². The molecule has 0 spiro atoms. The van der Waals surface area contributed by atoms with Crippen LogP contribution < -0.4 is 0 Å². The van der Waals surface area contributed by atoms with Crippen molar-refractivity contribution < 1.29 is 13.5 Å². The molecule has 2 aromatic carbocycles. The summed E-state index contributed by atoms with van der Waals surface area (Å²) in [5, 5.41) is 10.1. The minimum Gasteiger partial charge on any atom is -0.391 e. The van der Waals surface area contributed by atoms with E-state index in [1.165, 1.54) is 0 Å². The maximum absolute atomic E-state index is 13.2. The Morgan fingerprint density at radius 2 is 1.58 bits per heavy atom. The summed E-state index contributed by atoms with van der Waals surface area (Å²) >= 11 is 0. The van der Waals surface area contributed by atoms with E-state index >= 15 is 0 Å². The zero-order valence-corrected chi connectivity index (χ0v) is 16.1. The summed E-state index contributed by atoms with van der Waals surface area (Å²) in [6.07, 6.45) is 1.55. The Labute approximate surface area is 161 Å². The molecule has 0 amide bonds. The molecule has 2 aliphatic heterocycles. The van der Waals surface area contributed by atoms with E-state index in [9.17, 15) is 13.5 Å². The summed E-state index contributed by atoms with van der Waals surface area (Å²) < 4.78 is 26.4. The Balaban J connectivity index is 0.00000196. The fourth-order valence-electron chi connectivity index (χ4n) is 4.41. The van der Waals surface area contributed by atoms with E-state index in [0.29, 0.717) is 24.3 Å². The smallest absolute Gasteiger partial charge is 0.182 e. The van der Waals surface area contributed by atoms with Crippen LogP contribution in [0, 0.1) is 0 Å². The maximum atomic E-state index is 13.2. The second-order valence-electron chi connectivity index (χ2n) is 7.08. The number of hydrogen-bond donors (Lipinski definition) is 1. The Bertz CT molecular complexity index is 829. The first-order valence-electron chi connectivity index (χ1n) is 8.84. The second kappa shape index (κ2) is 7.69. The van der Waals surface area contributed by atoms with Crippen LogP contribution in [0.4, 0.5) is 0 Å². The van der Waals surface area contributed by atoms with Crippen molar-refractivity contribution in [2.24, 2.45) is 0 Å². The first-order valence-corrected chi connectivity index (χ1v) is 10.4. The summed E-state index contributed by atoms with van der Waals surface area (Å²) in [5.74, 6) is 0. The highest BCUT2D eigenvalue weighted by atomic mass is 35.5. The average Bonchev–Trinajstić information content (AvgIpc) is 2.90. The van der Waals surface area contributed by atoms with Crippen molar-refractivity contribution in [2.45, 2.75) is 54.1 Å². The molecule has 6 heteroatoms. The Morgan fingerprint density at radius 1 is 0.962 bits per heavy atom. The quantitative estimate of drug-likeness (QED) is 0.867. The lowest BCUT2D eigenvalue weighted by molar-refractivity contribution is 0.0103. The molecule has 0 saturated carbocycles. The summed E-state index contributed by atoms with van der Waals surface area (Å²) in [6.45, 7) is 0.689. The minimum absolute atomic E-state index is 0. The van der Waals surface area contributed by atoms with Crippen molar-refractivity contribution in [1.29, 1.82) is 0 Å². The molecule has 2 bridgehead atoms. The number of benzene rings is 2. The van der Waals surface area contributed by atoms with Crippen molar-refractivity contribution in [2.75, 3.05) is 0 Å². The van der Waals surface area contributed by atoms with Crippen LogP contribution in [0.25, 0.3) is 0 Å². The van der Waals surface area contributed by atoms with Crippen molar-refractivity contribution >= 4 is 22.2 Å². The van der Waals surface area contributed by atoms with Gasteiger partial charge in [0.1, 0.15) is 0 Å². The lowest BCUT2D eigenvalue weighted by Gasteiger charge is -2.38. The SMILES string of the molecule is Cl.O=S(=O)(c1ccccc1)C1C[C@H]2CC[C@@H](O)[C@@H]1N2Cc1ccccc1. The molecule has 0 radical (unpaired) electrons. The fourth-order valence-corrected chi connectivity index (χ4v) is 6.48. The Morgan fingerprint density at radius 3 is 2.23 bits per heavy atom. The molecule has 2 heterocycles. The summed E-state index contributed by atoms with van der Waals surface area (Å²) in [4.78, 5) is 2.58. The first-order chi connectivity index (χ1) is 12.1. The van der Waals surface area contributed by atoms with E-state index in [1.54, 1.807) is 24.3 Å². The van der Waals surface area contributed by atoms with Crippen LogP contribution >= 0.6 is 12.4 Å². The molecule has 2 fully saturated rings. The van der Waals surface area contributed by atoms with Gasteiger partial charge >= 0.3 is 0 Å². The van der Waals surface area contributed by atoms with Gasteiger partial charge in [0.2, 0.25) is 0 Å². The third-order valence-electron chi connectivity index (χ3n) is 5.61. The topological polar surface area (TPSA) is 57.6 Å². The molecule has 2 saturated heterocycles. The summed E-state index contributed by atoms with van der Waals surface area (Å²) in [7, 11) is -3.45. The third kappa shape index (κ3) is 3.41. The van der Waals surface area contributed by atoms with Crippen molar-refractivity contribution in [3.05, 3.63) is 66.2 Å². The maximum Gasteiger partial charge on any atom is 0.182 e. The lowest BCUT2D eigenvalue weighted by Crippen LogP contribution is -2.51. The van der Waals surface area contributed by atoms with Crippen LogP contribution in [0.1, 0.15) is 24.8 Å². The number of fused-ring (bicyclic) bond motifs is 2. The highest BCUT2D eigenvalue weighted by Gasteiger charge is 2.52. The molecule has 1 unspecified atom stereocenters. The van der Waals surface area contributed by atoms with E-state index < -0.39 is 21.2 Å². The number of sulfone groups is 1. The van der Waals surface area contributed by atoms with Gasteiger partial charge in [0.05, 0.1) is 22.3 Å². The standard InChI is InChI=1S/C20H23NO3S.ClH/c22-18-12-11-16-13-19(25(23,24)17-9-5-2-6-10-17)20(18)21(16)14-15-7-3-1-4-8-15;/h1-10,16,18-20,22H,11-14H2;1H/t16-,18-,19?,20+;/m1./s1. The Hall–Kier alpha value is -1.40. The van der Waals surface area contributed by atoms with Gasteiger partial charge in [-0.2, -0.15) is 0 Å². The largest absolute Gasteiger partial charge is 0.391 e. The number of piperidine rings is 1. The van der Waals surface area contributed by atoms with Crippen molar-refractivity contribution in [3.8, 4) is 0 Å². The molecule has 140 valence electrons. The van der Waals surface area contributed by atoms with Gasteiger partial charge in [0, 0.05) is 12.6 Å². The predicted molar refractivity (Wildman–Crippen MR) is 104 cm³/mol. The molecule has 1 N–H and O–H groups in total. The number of rotatable bonds is 4. The van der Waals surface area contributed by atoms with Gasteiger partial charge < -0.3 is 5.11 Å². The predicted octanol–water partition coefficient (Wildman–Crippen LogP) is 3.05. The summed E-state index contributed by atoms with van der Waals surface area (Å²) in [5.41, 5.74) is 1.16. The fraction of sp³-hybridized carbons (Fsp3) is 0.400. The van der Waals surface area contributed by atoms with Crippen LogP contribution in [-0.4, -0.2) is 41.9 Å². The minimum atomic E-state index is -3.45. The molecule has 26 heavy (non-hydrogen) atoms. The first kappa shape index (κ1) is 19.4. The van der Waals surface area contributed by atoms with Crippen molar-refractivity contribution in [1.82, 2.24) is 4.90 Å². The van der Waals surface area contributed by atoms with Crippen LogP contribution in [-0.2, 0) is 16.4 Å². The Kier molecular flexibility index (Phi) is 5.72. The molecule has 4 nitrogen and oxygen atoms in total. The van der Waals surface area contributed by atoms with Crippen LogP contribution in [0.3, 0.4) is 0 Å². The molecule has 0 aromatic heterocycles. The lowest BCUT2D eigenvalue weighted by atomic mass is 9.99. The van der Waals surface area contributed by atoms with E-state index in [2.05, 4.69) is 17.0 Å². The van der Waals surface area contributed by atoms with Gasteiger partial charge in [0.15, 0.2) is 9.84 Å². The normalized spacial score (nSPS) is 28.5. The van der Waals surface area contributed by atoms with Gasteiger partial charge in [-0.25, -0.2) is 8.42 Å². The van der Waals surface area contributed by atoms with Gasteiger partial charge in [-0.1, -0.05) is 48.5 Å². The van der Waals surface area contributed by atoms with E-state index in [4.69, 9.17) is 0 Å². The zero-order valence-electron chi connectivity index (χ0n) is 14.4. The molecule has 2 aromatic rings. The van der Waals surface area contributed by atoms with Crippen LogP contribution in [0.2, 0.25) is 0 Å². The molecule has 2 aliphatic rings. The van der Waals surface area contributed by atoms with E-state index in [0.717, 1.165) is 12.0 Å². The number of aliphatic hydroxyl groups is 1. The van der Waals surface area contributed by atoms with Gasteiger partial charge in [-0.05, 0) is 37.0 Å². The number of aliphatic hydroxyl groups excluding tert-OH is 1. The third-order valence-corrected chi connectivity index (χ3v) is 7.80. The highest BCUT2D eigenvalue weighted by Crippen LogP contribution is 2.41. The molecule has 0 aliphatic carbocycles. The van der Waals surface area contributed by atoms with Crippen LogP contribution in [0.5, 0.6) is 0 Å². The number of halogens is 1. The van der Waals surface area contributed by atoms with Crippen molar-refractivity contribution in [3.63, 3.8) is 0 Å². The monoisotopic (exact) mass is 393 g/mol. The van der Waals surface area contributed by atoms with Crippen LogP contribution in [0.15, 0.2) is 65.6 Å². The zero-order chi connectivity index (χ0) is 17.4. The highest BCUT2D eigenvalue weighted by molar-refractivity contribution is 7.92. The second-order valence-corrected chi connectivity index (χ2v) is 9.25. The number of nitrogens with zero attached hydrogens (tertiary/aromatic N) is 1. The molecular formula is C20H24ClNO3S. The molecule has 4 rings (SSSR count). The van der Waals surface area contributed by atoms with E-state index in [-0.39, 0.29) is 24.5 Å². The average molecular weight is 394 g/mol. The van der Waals surface area contributed by atoms with Gasteiger partial charge in [-0.15, -0.1) is 12.4 Å². The van der Waals surface area contributed by atoms with E-state index in [1.807, 2.05) is 24.3 Å². The summed E-state index contributed by atoms with van der Waals surface area (Å²) in [6, 6.07) is 18.6. The molecular weight excluding hydrogens is 370 g/mol.